The Hall–Kier alpha value is 0. The van der Waals surface area contributed by atoms with Gasteiger partial charge in [0, 0.05) is 0 Å². The molecule has 0 bridgehead atoms. The normalized spacial score (nSPS) is 29.5. The molecule has 0 aromatic carbocycles. The number of unbranched alkanes of at least 4 members (excludes halogenated alkanes) is 1. The van der Waals surface area contributed by atoms with Crippen molar-refractivity contribution in [3.05, 3.63) is 0 Å². The molecule has 1 aliphatic rings. The highest BCUT2D eigenvalue weighted by Gasteiger charge is 2.48. The third kappa shape index (κ3) is 6.91. The summed E-state index contributed by atoms with van der Waals surface area (Å²) < 4.78 is 0. The van der Waals surface area contributed by atoms with Gasteiger partial charge in [-0.2, -0.15) is 0 Å². The molecule has 5 unspecified atom stereocenters. The van der Waals surface area contributed by atoms with E-state index >= 15 is 0 Å². The Balaban J connectivity index is 2.64. The summed E-state index contributed by atoms with van der Waals surface area (Å²) in [7, 11) is 0. The molecule has 0 heterocycles. The highest BCUT2D eigenvalue weighted by molar-refractivity contribution is 4.97. The van der Waals surface area contributed by atoms with Crippen LogP contribution in [0.5, 0.6) is 0 Å². The van der Waals surface area contributed by atoms with Crippen LogP contribution in [0.3, 0.4) is 0 Å². The summed E-state index contributed by atoms with van der Waals surface area (Å²) in [5, 5.41) is 0. The van der Waals surface area contributed by atoms with Crippen LogP contribution in [0.4, 0.5) is 0 Å². The molecule has 5 atom stereocenters. The second-order valence-electron chi connectivity index (χ2n) is 10.6. The third-order valence-electron chi connectivity index (χ3n) is 7.77. The van der Waals surface area contributed by atoms with Gasteiger partial charge in [-0.1, -0.05) is 100 Å². The number of rotatable bonds is 12. The summed E-state index contributed by atoms with van der Waals surface area (Å²) in [5.41, 5.74) is 0.598. The van der Waals surface area contributed by atoms with E-state index in [1.54, 1.807) is 0 Å². The minimum Gasteiger partial charge on any atom is -0.0651 e. The van der Waals surface area contributed by atoms with E-state index in [2.05, 4.69) is 55.4 Å². The predicted octanol–water partition coefficient (Wildman–Crippen LogP) is 8.74. The van der Waals surface area contributed by atoms with Gasteiger partial charge in [-0.05, 0) is 60.2 Å². The molecule has 0 aliphatic heterocycles. The van der Waals surface area contributed by atoms with Crippen molar-refractivity contribution in [2.24, 2.45) is 40.9 Å². The van der Waals surface area contributed by atoms with Crippen LogP contribution in [0.25, 0.3) is 0 Å². The molecule has 1 fully saturated rings. The Bertz CT molecular complexity index is 342. The predicted molar refractivity (Wildman–Crippen MR) is 115 cm³/mol. The SMILES string of the molecule is CCC(C)CCCCC1(C)C(C(C)C)CCC1C(C)CCCC(C)C. The molecule has 0 N–H and O–H groups in total. The van der Waals surface area contributed by atoms with Gasteiger partial charge in [-0.25, -0.2) is 0 Å². The van der Waals surface area contributed by atoms with E-state index in [1.165, 1.54) is 64.2 Å². The van der Waals surface area contributed by atoms with Crippen LogP contribution < -0.4 is 0 Å². The maximum absolute atomic E-state index is 2.68. The second kappa shape index (κ2) is 11.0. The summed E-state index contributed by atoms with van der Waals surface area (Å²) in [6, 6.07) is 0. The molecule has 0 aromatic rings. The van der Waals surface area contributed by atoms with E-state index in [1.807, 2.05) is 0 Å². The van der Waals surface area contributed by atoms with Crippen molar-refractivity contribution in [3.63, 3.8) is 0 Å². The van der Waals surface area contributed by atoms with Gasteiger partial charge in [0.15, 0.2) is 0 Å². The van der Waals surface area contributed by atoms with Crippen LogP contribution >= 0.6 is 0 Å². The molecule has 0 nitrogen and oxygen atoms in total. The fourth-order valence-electron chi connectivity index (χ4n) is 5.95. The summed E-state index contributed by atoms with van der Waals surface area (Å²) in [6.45, 7) is 19.7. The molecule has 0 saturated heterocycles. The minimum atomic E-state index is 0.598. The Morgan fingerprint density at radius 2 is 1.44 bits per heavy atom. The number of hydrogen-bond acceptors (Lipinski definition) is 0. The molecule has 1 saturated carbocycles. The second-order valence-corrected chi connectivity index (χ2v) is 10.6. The van der Waals surface area contributed by atoms with Crippen molar-refractivity contribution < 1.29 is 0 Å². The topological polar surface area (TPSA) is 0 Å². The standard InChI is InChI=1S/C25H50/c1-9-21(6)14-10-11-18-25(8)23(20(4)5)16-17-24(25)22(7)15-12-13-19(2)3/h19-24H,9-18H2,1-8H3. The van der Waals surface area contributed by atoms with Crippen LogP contribution in [0, 0.1) is 40.9 Å². The average molecular weight is 351 g/mol. The largest absolute Gasteiger partial charge is 0.0651 e. The quantitative estimate of drug-likeness (QED) is 0.308. The number of hydrogen-bond donors (Lipinski definition) is 0. The minimum absolute atomic E-state index is 0.598. The van der Waals surface area contributed by atoms with Gasteiger partial charge < -0.3 is 0 Å². The maximum Gasteiger partial charge on any atom is -0.0264 e. The van der Waals surface area contributed by atoms with Gasteiger partial charge in [0.1, 0.15) is 0 Å². The van der Waals surface area contributed by atoms with E-state index in [0.717, 1.165) is 35.5 Å². The van der Waals surface area contributed by atoms with Crippen molar-refractivity contribution >= 4 is 0 Å². The Morgan fingerprint density at radius 3 is 2.00 bits per heavy atom. The molecular weight excluding hydrogens is 300 g/mol. The first-order chi connectivity index (χ1) is 11.7. The maximum atomic E-state index is 2.68. The Morgan fingerprint density at radius 1 is 0.800 bits per heavy atom. The molecule has 1 aliphatic carbocycles. The summed E-state index contributed by atoms with van der Waals surface area (Å²) in [6.07, 6.45) is 14.5. The third-order valence-corrected chi connectivity index (χ3v) is 7.77. The van der Waals surface area contributed by atoms with E-state index in [4.69, 9.17) is 0 Å². The van der Waals surface area contributed by atoms with Crippen molar-refractivity contribution in [1.82, 2.24) is 0 Å². The average Bonchev–Trinajstić information content (AvgIpc) is 2.88. The van der Waals surface area contributed by atoms with Gasteiger partial charge in [-0.15, -0.1) is 0 Å². The van der Waals surface area contributed by atoms with E-state index in [-0.39, 0.29) is 0 Å². The zero-order valence-corrected chi connectivity index (χ0v) is 19.0. The Kier molecular flexibility index (Phi) is 10.1. The van der Waals surface area contributed by atoms with Gasteiger partial charge in [0.2, 0.25) is 0 Å². The first-order valence-electron chi connectivity index (χ1n) is 11.7. The Labute approximate surface area is 160 Å². The first kappa shape index (κ1) is 23.0. The smallest absolute Gasteiger partial charge is 0.0264 e. The van der Waals surface area contributed by atoms with Gasteiger partial charge >= 0.3 is 0 Å². The molecule has 0 spiro atoms. The first-order valence-corrected chi connectivity index (χ1v) is 11.7. The van der Waals surface area contributed by atoms with Crippen molar-refractivity contribution in [2.45, 2.75) is 120 Å². The zero-order chi connectivity index (χ0) is 19.0. The van der Waals surface area contributed by atoms with Gasteiger partial charge in [-0.3, -0.25) is 0 Å². The van der Waals surface area contributed by atoms with Crippen molar-refractivity contribution in [1.29, 1.82) is 0 Å². The molecule has 25 heavy (non-hydrogen) atoms. The zero-order valence-electron chi connectivity index (χ0n) is 19.0. The molecule has 0 radical (unpaired) electrons. The highest BCUT2D eigenvalue weighted by atomic mass is 14.5. The lowest BCUT2D eigenvalue weighted by molar-refractivity contribution is 0.0698. The molecule has 150 valence electrons. The van der Waals surface area contributed by atoms with Crippen LogP contribution in [-0.4, -0.2) is 0 Å². The lowest BCUT2D eigenvalue weighted by atomic mass is 9.63. The molecule has 0 aromatic heterocycles. The van der Waals surface area contributed by atoms with E-state index < -0.39 is 0 Å². The summed E-state index contributed by atoms with van der Waals surface area (Å²) in [5.74, 6) is 5.48. The van der Waals surface area contributed by atoms with Crippen molar-refractivity contribution in [2.75, 3.05) is 0 Å². The summed E-state index contributed by atoms with van der Waals surface area (Å²) in [4.78, 5) is 0. The fourth-order valence-corrected chi connectivity index (χ4v) is 5.95. The van der Waals surface area contributed by atoms with Gasteiger partial charge in [0.25, 0.3) is 0 Å². The van der Waals surface area contributed by atoms with E-state index in [0.29, 0.717) is 5.41 Å². The van der Waals surface area contributed by atoms with E-state index in [9.17, 15) is 0 Å². The van der Waals surface area contributed by atoms with Crippen LogP contribution in [0.15, 0.2) is 0 Å². The van der Waals surface area contributed by atoms with Crippen LogP contribution in [0.1, 0.15) is 120 Å². The van der Waals surface area contributed by atoms with Crippen LogP contribution in [-0.2, 0) is 0 Å². The summed E-state index contributed by atoms with van der Waals surface area (Å²) >= 11 is 0. The lowest BCUT2D eigenvalue weighted by Crippen LogP contribution is -2.34. The monoisotopic (exact) mass is 350 g/mol. The molecular formula is C25H50. The van der Waals surface area contributed by atoms with Gasteiger partial charge in [0.05, 0.1) is 0 Å². The lowest BCUT2D eigenvalue weighted by Gasteiger charge is -2.42. The molecule has 0 heteroatoms. The highest BCUT2D eigenvalue weighted by Crippen LogP contribution is 2.56. The molecule has 1 rings (SSSR count). The molecule has 0 amide bonds. The fraction of sp³-hybridized carbons (Fsp3) is 1.00. The van der Waals surface area contributed by atoms with Crippen molar-refractivity contribution in [3.8, 4) is 0 Å². The van der Waals surface area contributed by atoms with Crippen LogP contribution in [0.2, 0.25) is 0 Å².